The average molecular weight is 557 g/mol. The maximum Gasteiger partial charge on any atom is 0.336 e. The molecule has 3 heteroatoms. The van der Waals surface area contributed by atoms with E-state index in [1.54, 1.807) is 18.2 Å². The molecule has 1 aliphatic carbocycles. The number of ketones is 1. The van der Waals surface area contributed by atoms with Crippen LogP contribution in [0.2, 0.25) is 0 Å². The summed E-state index contributed by atoms with van der Waals surface area (Å²) in [5, 5.41) is 9.62. The van der Waals surface area contributed by atoms with Gasteiger partial charge in [0.25, 0.3) is 0 Å². The Morgan fingerprint density at radius 2 is 0.953 bits per heavy atom. The third-order valence-corrected chi connectivity index (χ3v) is 8.60. The van der Waals surface area contributed by atoms with Crippen molar-refractivity contribution in [2.45, 2.75) is 11.8 Å². The lowest BCUT2D eigenvalue weighted by atomic mass is 9.65. The van der Waals surface area contributed by atoms with Crippen LogP contribution in [0, 0.1) is 0 Å². The van der Waals surface area contributed by atoms with Gasteiger partial charge in [0, 0.05) is 11.1 Å². The molecule has 206 valence electrons. The summed E-state index contributed by atoms with van der Waals surface area (Å²) in [5.41, 5.74) is 9.45. The zero-order valence-electron chi connectivity index (χ0n) is 23.4. The highest BCUT2D eigenvalue weighted by molar-refractivity contribution is 6.14. The van der Waals surface area contributed by atoms with Gasteiger partial charge in [-0.2, -0.15) is 0 Å². The Morgan fingerprint density at radius 1 is 0.488 bits per heavy atom. The Morgan fingerprint density at radius 3 is 1.49 bits per heavy atom. The van der Waals surface area contributed by atoms with E-state index in [4.69, 9.17) is 0 Å². The van der Waals surface area contributed by atoms with Gasteiger partial charge >= 0.3 is 5.97 Å². The molecule has 0 aliphatic heterocycles. The van der Waals surface area contributed by atoms with Crippen molar-refractivity contribution in [1.29, 1.82) is 0 Å². The second-order valence-electron chi connectivity index (χ2n) is 10.9. The van der Waals surface area contributed by atoms with Gasteiger partial charge in [-0.05, 0) is 63.1 Å². The Hall–Kier alpha value is -5.54. The molecule has 1 N–H and O–H groups in total. The highest BCUT2D eigenvalue weighted by atomic mass is 16.4. The summed E-state index contributed by atoms with van der Waals surface area (Å²) in [6.07, 6.45) is 0.689. The molecule has 0 bridgehead atoms. The van der Waals surface area contributed by atoms with Gasteiger partial charge in [0.05, 0.1) is 11.0 Å². The Balaban J connectivity index is 1.35. The van der Waals surface area contributed by atoms with Gasteiger partial charge in [-0.3, -0.25) is 4.79 Å². The quantitative estimate of drug-likeness (QED) is 0.158. The highest BCUT2D eigenvalue weighted by Crippen LogP contribution is 2.47. The molecule has 0 amide bonds. The molecule has 1 aliphatic rings. The minimum Gasteiger partial charge on any atom is -0.478 e. The lowest BCUT2D eigenvalue weighted by molar-refractivity contribution is 0.0692. The number of benzene rings is 6. The van der Waals surface area contributed by atoms with Crippen LogP contribution in [0.25, 0.3) is 11.1 Å². The smallest absolute Gasteiger partial charge is 0.336 e. The van der Waals surface area contributed by atoms with E-state index in [1.807, 2.05) is 18.2 Å². The number of hydrogen-bond acceptors (Lipinski definition) is 2. The van der Waals surface area contributed by atoms with E-state index in [0.29, 0.717) is 12.0 Å². The average Bonchev–Trinajstić information content (AvgIpc) is 3.43. The summed E-state index contributed by atoms with van der Waals surface area (Å²) >= 11 is 0. The van der Waals surface area contributed by atoms with Crippen LogP contribution in [0.5, 0.6) is 0 Å². The monoisotopic (exact) mass is 556 g/mol. The fraction of sp³-hybridized carbons (Fsp3) is 0.0500. The van der Waals surface area contributed by atoms with Crippen LogP contribution in [0.15, 0.2) is 152 Å². The molecule has 6 aromatic rings. The predicted octanol–water partition coefficient (Wildman–Crippen LogP) is 8.57. The number of carbonyl (C=O) groups is 2. The van der Waals surface area contributed by atoms with Gasteiger partial charge in [0.15, 0.2) is 5.78 Å². The molecule has 0 heterocycles. The van der Waals surface area contributed by atoms with Gasteiger partial charge in [0.2, 0.25) is 0 Å². The minimum atomic E-state index is -1.11. The Kier molecular flexibility index (Phi) is 6.56. The summed E-state index contributed by atoms with van der Waals surface area (Å²) in [5.74, 6) is -1.39. The molecule has 43 heavy (non-hydrogen) atoms. The van der Waals surface area contributed by atoms with Gasteiger partial charge in [0.1, 0.15) is 0 Å². The van der Waals surface area contributed by atoms with Crippen LogP contribution in [0.4, 0.5) is 0 Å². The number of rotatable bonds is 7. The summed E-state index contributed by atoms with van der Waals surface area (Å²) in [7, 11) is 0. The van der Waals surface area contributed by atoms with Crippen molar-refractivity contribution in [3.8, 4) is 11.1 Å². The van der Waals surface area contributed by atoms with Gasteiger partial charge < -0.3 is 5.11 Å². The van der Waals surface area contributed by atoms with Crippen LogP contribution in [-0.4, -0.2) is 16.9 Å². The molecule has 3 nitrogen and oxygen atoms in total. The first-order valence-electron chi connectivity index (χ1n) is 14.4. The number of fused-ring (bicyclic) bond motifs is 3. The Labute approximate surface area is 250 Å². The summed E-state index contributed by atoms with van der Waals surface area (Å²) < 4.78 is 0. The first-order chi connectivity index (χ1) is 21.1. The summed E-state index contributed by atoms with van der Waals surface area (Å²) in [6.45, 7) is 0. The standard InChI is InChI=1S/C40H28O3/c41-38(36-18-10-11-19-37(36)39(42)43)27-20-22-34-28(24-27)25-29-26-33(21-23-35(29)34)40(30-12-4-1-5-13-30,31-14-6-2-7-15-31)32-16-8-3-9-17-32/h1-24,26H,25H2,(H,42,43). The van der Waals surface area contributed by atoms with Crippen LogP contribution >= 0.6 is 0 Å². The highest BCUT2D eigenvalue weighted by Gasteiger charge is 2.39. The minimum absolute atomic E-state index is 0.0139. The van der Waals surface area contributed by atoms with Crippen molar-refractivity contribution in [3.63, 3.8) is 0 Å². The van der Waals surface area contributed by atoms with Crippen molar-refractivity contribution in [1.82, 2.24) is 0 Å². The van der Waals surface area contributed by atoms with E-state index in [9.17, 15) is 14.7 Å². The largest absolute Gasteiger partial charge is 0.478 e. The maximum absolute atomic E-state index is 13.4. The summed E-state index contributed by atoms with van der Waals surface area (Å²) in [4.78, 5) is 25.2. The van der Waals surface area contributed by atoms with Crippen LogP contribution in [0.3, 0.4) is 0 Å². The fourth-order valence-electron chi connectivity index (χ4n) is 6.67. The first-order valence-corrected chi connectivity index (χ1v) is 14.4. The molecule has 0 unspecified atom stereocenters. The molecule has 0 radical (unpaired) electrons. The lowest BCUT2D eigenvalue weighted by Crippen LogP contribution is -2.31. The fourth-order valence-corrected chi connectivity index (χ4v) is 6.67. The van der Waals surface area contributed by atoms with Crippen molar-refractivity contribution >= 4 is 11.8 Å². The third-order valence-electron chi connectivity index (χ3n) is 8.60. The number of carbonyl (C=O) groups excluding carboxylic acids is 1. The molecule has 0 saturated heterocycles. The van der Waals surface area contributed by atoms with E-state index < -0.39 is 11.4 Å². The van der Waals surface area contributed by atoms with Crippen molar-refractivity contribution in [2.75, 3.05) is 0 Å². The first kappa shape index (κ1) is 26.4. The van der Waals surface area contributed by atoms with E-state index in [-0.39, 0.29) is 16.9 Å². The van der Waals surface area contributed by atoms with E-state index in [1.165, 1.54) is 33.9 Å². The molecule has 0 spiro atoms. The molecule has 6 aromatic carbocycles. The van der Waals surface area contributed by atoms with Crippen LogP contribution < -0.4 is 0 Å². The van der Waals surface area contributed by atoms with Crippen molar-refractivity contribution in [2.24, 2.45) is 0 Å². The van der Waals surface area contributed by atoms with Gasteiger partial charge in [-0.25, -0.2) is 4.79 Å². The zero-order valence-corrected chi connectivity index (χ0v) is 23.4. The summed E-state index contributed by atoms with van der Waals surface area (Å²) in [6, 6.07) is 50.9. The lowest BCUT2D eigenvalue weighted by Gasteiger charge is -2.37. The third kappa shape index (κ3) is 4.38. The van der Waals surface area contributed by atoms with Gasteiger partial charge in [-0.1, -0.05) is 140 Å². The molecule has 0 fully saturated rings. The van der Waals surface area contributed by atoms with Crippen molar-refractivity contribution in [3.05, 3.63) is 202 Å². The second kappa shape index (κ2) is 10.7. The predicted molar refractivity (Wildman–Crippen MR) is 170 cm³/mol. The van der Waals surface area contributed by atoms with E-state index >= 15 is 0 Å². The number of hydrogen-bond donors (Lipinski definition) is 1. The maximum atomic E-state index is 13.4. The molecule has 0 aromatic heterocycles. The molecular weight excluding hydrogens is 528 g/mol. The molecule has 0 saturated carbocycles. The zero-order chi connectivity index (χ0) is 29.4. The molecule has 0 atom stereocenters. The van der Waals surface area contributed by atoms with Crippen LogP contribution in [0.1, 0.15) is 59.7 Å². The normalized spacial score (nSPS) is 11.9. The second-order valence-corrected chi connectivity index (χ2v) is 10.9. The molecule has 7 rings (SSSR count). The van der Waals surface area contributed by atoms with Crippen LogP contribution in [-0.2, 0) is 11.8 Å². The Bertz CT molecular complexity index is 1880. The van der Waals surface area contributed by atoms with E-state index in [0.717, 1.165) is 16.7 Å². The number of carboxylic acid groups (broad SMARTS) is 1. The van der Waals surface area contributed by atoms with Gasteiger partial charge in [-0.15, -0.1) is 0 Å². The number of aromatic carboxylic acids is 1. The van der Waals surface area contributed by atoms with Crippen molar-refractivity contribution < 1.29 is 14.7 Å². The van der Waals surface area contributed by atoms with E-state index in [2.05, 4.69) is 109 Å². The number of carboxylic acids is 1. The SMILES string of the molecule is O=C(O)c1ccccc1C(=O)c1ccc2c(c1)Cc1cc(C(c3ccccc3)(c3ccccc3)c3ccccc3)ccc1-2. The topological polar surface area (TPSA) is 54.4 Å². The molecular formula is C40H28O3.